The van der Waals surface area contributed by atoms with Crippen LogP contribution in [0.5, 0.6) is 5.75 Å². The lowest BCUT2D eigenvalue weighted by molar-refractivity contribution is 0.139. The zero-order valence-corrected chi connectivity index (χ0v) is 20.2. The van der Waals surface area contributed by atoms with Gasteiger partial charge in [0, 0.05) is 17.3 Å². The molecular weight excluding hydrogens is 464 g/mol. The Morgan fingerprint density at radius 3 is 2.97 bits per heavy atom. The van der Waals surface area contributed by atoms with Gasteiger partial charge in [-0.3, -0.25) is 0 Å². The summed E-state index contributed by atoms with van der Waals surface area (Å²) in [6.45, 7) is 3.94. The highest BCUT2D eigenvalue weighted by Gasteiger charge is 2.16. The highest BCUT2D eigenvalue weighted by molar-refractivity contribution is 7.98. The average Bonchev–Trinajstić information content (AvgIpc) is 3.36. The van der Waals surface area contributed by atoms with Crippen molar-refractivity contribution < 1.29 is 9.47 Å². The van der Waals surface area contributed by atoms with Gasteiger partial charge in [0.1, 0.15) is 28.3 Å². The van der Waals surface area contributed by atoms with Gasteiger partial charge in [-0.1, -0.05) is 29.0 Å². The lowest BCUT2D eigenvalue weighted by atomic mass is 10.2. The number of anilines is 1. The summed E-state index contributed by atoms with van der Waals surface area (Å²) in [5.41, 5.74) is 5.24. The number of rotatable bonds is 7. The van der Waals surface area contributed by atoms with Crippen molar-refractivity contribution in [1.29, 1.82) is 0 Å². The molecule has 0 saturated carbocycles. The first-order chi connectivity index (χ1) is 15.6. The third-order valence-corrected chi connectivity index (χ3v) is 7.69. The molecule has 166 valence electrons. The lowest BCUT2D eigenvalue weighted by Gasteiger charge is -2.13. The van der Waals surface area contributed by atoms with Crippen molar-refractivity contribution in [1.82, 2.24) is 14.5 Å². The number of fused-ring (bicyclic) bond motifs is 3. The van der Waals surface area contributed by atoms with Crippen LogP contribution < -0.4 is 10.1 Å². The first-order valence-corrected chi connectivity index (χ1v) is 12.7. The van der Waals surface area contributed by atoms with Crippen LogP contribution in [0.2, 0.25) is 5.02 Å². The van der Waals surface area contributed by atoms with E-state index in [4.69, 9.17) is 26.1 Å². The van der Waals surface area contributed by atoms with Gasteiger partial charge in [-0.05, 0) is 42.8 Å². The third-order valence-electron chi connectivity index (χ3n) is 5.38. The van der Waals surface area contributed by atoms with Crippen LogP contribution in [0.15, 0.2) is 36.4 Å². The van der Waals surface area contributed by atoms with E-state index < -0.39 is 0 Å². The molecule has 3 heterocycles. The summed E-state index contributed by atoms with van der Waals surface area (Å²) in [5.74, 6) is 4.02. The van der Waals surface area contributed by atoms with Gasteiger partial charge >= 0.3 is 0 Å². The molecule has 5 rings (SSSR count). The van der Waals surface area contributed by atoms with Crippen molar-refractivity contribution in [3.63, 3.8) is 0 Å². The number of imidazole rings is 1. The fraction of sp³-hybridized carbons (Fsp3) is 0.304. The van der Waals surface area contributed by atoms with Crippen LogP contribution in [0, 0.1) is 6.92 Å². The average molecular weight is 487 g/mol. The molecule has 1 aliphatic rings. The predicted molar refractivity (Wildman–Crippen MR) is 133 cm³/mol. The molecular formula is C23H23ClN4O2S2. The summed E-state index contributed by atoms with van der Waals surface area (Å²) < 4.78 is 13.7. The van der Waals surface area contributed by atoms with Crippen LogP contribution >= 0.6 is 34.7 Å². The zero-order valence-electron chi connectivity index (χ0n) is 17.9. The molecule has 1 aliphatic heterocycles. The van der Waals surface area contributed by atoms with E-state index in [0.29, 0.717) is 24.1 Å². The second-order valence-corrected chi connectivity index (χ2v) is 10.0. The number of thiazole rings is 1. The minimum Gasteiger partial charge on any atom is -0.496 e. The number of halogens is 1. The van der Waals surface area contributed by atoms with Crippen molar-refractivity contribution >= 4 is 50.7 Å². The molecule has 0 amide bonds. The molecule has 32 heavy (non-hydrogen) atoms. The van der Waals surface area contributed by atoms with Crippen molar-refractivity contribution in [2.45, 2.75) is 25.8 Å². The smallest absolute Gasteiger partial charge is 0.130 e. The highest BCUT2D eigenvalue weighted by atomic mass is 35.5. The van der Waals surface area contributed by atoms with E-state index in [-0.39, 0.29) is 0 Å². The van der Waals surface area contributed by atoms with Crippen LogP contribution in [-0.2, 0) is 23.6 Å². The van der Waals surface area contributed by atoms with E-state index in [2.05, 4.69) is 33.1 Å². The highest BCUT2D eigenvalue weighted by Crippen LogP contribution is 2.38. The van der Waals surface area contributed by atoms with E-state index in [9.17, 15) is 0 Å². The Kier molecular flexibility index (Phi) is 6.28. The van der Waals surface area contributed by atoms with Crippen molar-refractivity contribution in [2.24, 2.45) is 0 Å². The number of aryl methyl sites for hydroxylation is 2. The summed E-state index contributed by atoms with van der Waals surface area (Å²) in [4.78, 5) is 9.49. The van der Waals surface area contributed by atoms with Crippen LogP contribution in [-0.4, -0.2) is 34.1 Å². The Morgan fingerprint density at radius 2 is 2.09 bits per heavy atom. The number of ether oxygens (including phenoxy) is 2. The molecule has 6 nitrogen and oxygen atoms in total. The number of thioether (sulfide) groups is 1. The summed E-state index contributed by atoms with van der Waals surface area (Å²) in [5, 5.41) is 5.84. The Morgan fingerprint density at radius 1 is 1.19 bits per heavy atom. The molecule has 1 N–H and O–H groups in total. The van der Waals surface area contributed by atoms with Gasteiger partial charge in [0.25, 0.3) is 0 Å². The second-order valence-electron chi connectivity index (χ2n) is 7.50. The number of hydrogen-bond acceptors (Lipinski definition) is 7. The molecule has 4 aromatic rings. The van der Waals surface area contributed by atoms with Crippen LogP contribution in [0.25, 0.3) is 21.6 Å². The largest absolute Gasteiger partial charge is 0.496 e. The Balaban J connectivity index is 1.22. The van der Waals surface area contributed by atoms with Crippen molar-refractivity contribution in [3.05, 3.63) is 58.5 Å². The molecule has 9 heteroatoms. The maximum Gasteiger partial charge on any atom is 0.130 e. The van der Waals surface area contributed by atoms with Crippen LogP contribution in [0.1, 0.15) is 17.1 Å². The second kappa shape index (κ2) is 9.31. The van der Waals surface area contributed by atoms with Crippen molar-refractivity contribution in [2.75, 3.05) is 24.9 Å². The molecule has 0 radical (unpaired) electrons. The van der Waals surface area contributed by atoms with E-state index in [1.54, 1.807) is 24.5 Å². The van der Waals surface area contributed by atoms with Gasteiger partial charge in [-0.2, -0.15) is 11.8 Å². The van der Waals surface area contributed by atoms with E-state index in [1.165, 1.54) is 11.3 Å². The summed E-state index contributed by atoms with van der Waals surface area (Å²) in [6, 6.07) is 12.0. The van der Waals surface area contributed by atoms with Crippen LogP contribution in [0.3, 0.4) is 0 Å². The van der Waals surface area contributed by atoms with Gasteiger partial charge in [0.2, 0.25) is 0 Å². The predicted octanol–water partition coefficient (Wildman–Crippen LogP) is 5.96. The van der Waals surface area contributed by atoms with Gasteiger partial charge in [-0.25, -0.2) is 9.97 Å². The summed E-state index contributed by atoms with van der Waals surface area (Å²) in [7, 11) is 1.64. The Bertz CT molecular complexity index is 1270. The van der Waals surface area contributed by atoms with Gasteiger partial charge in [0.15, 0.2) is 0 Å². The normalized spacial score (nSPS) is 13.3. The van der Waals surface area contributed by atoms with Gasteiger partial charge < -0.3 is 19.4 Å². The number of benzene rings is 2. The number of methoxy groups -OCH3 is 1. The SMILES string of the molecule is COc1cc(Cl)ccc1-c1nc(C)c(NCOCc2ccc3c(c2)nc2n3CCSC2)s1. The van der Waals surface area contributed by atoms with Crippen LogP contribution in [0.4, 0.5) is 5.00 Å². The minimum absolute atomic E-state index is 0.397. The van der Waals surface area contributed by atoms with E-state index in [1.807, 2.05) is 30.8 Å². The number of nitrogens with zero attached hydrogens (tertiary/aromatic N) is 3. The molecule has 0 unspecified atom stereocenters. The number of hydrogen-bond donors (Lipinski definition) is 1. The lowest BCUT2D eigenvalue weighted by Crippen LogP contribution is -2.10. The molecule has 2 aromatic heterocycles. The standard InChI is InChI=1S/C23H23ClN4O2S2/c1-14-22(32-23(26-14)17-5-4-16(24)10-20(17)29-2)25-13-30-11-15-3-6-19-18(9-15)27-21-12-31-8-7-28(19)21/h3-6,9-10,25H,7-8,11-13H2,1-2H3. The summed E-state index contributed by atoms with van der Waals surface area (Å²) >= 11 is 9.59. The maximum absolute atomic E-state index is 6.08. The molecule has 0 atom stereocenters. The zero-order chi connectivity index (χ0) is 22.1. The van der Waals surface area contributed by atoms with Gasteiger partial charge in [0.05, 0.1) is 41.8 Å². The first kappa shape index (κ1) is 21.6. The number of nitrogens with one attached hydrogen (secondary N) is 1. The number of aromatic nitrogens is 3. The molecule has 0 spiro atoms. The van der Waals surface area contributed by atoms with Gasteiger partial charge in [-0.15, -0.1) is 0 Å². The Labute approximate surface area is 199 Å². The monoisotopic (exact) mass is 486 g/mol. The minimum atomic E-state index is 0.397. The quantitative estimate of drug-likeness (QED) is 0.257. The summed E-state index contributed by atoms with van der Waals surface area (Å²) in [6.07, 6.45) is 0. The molecule has 0 saturated heterocycles. The fourth-order valence-corrected chi connectivity index (χ4v) is 5.80. The topological polar surface area (TPSA) is 61.2 Å². The maximum atomic E-state index is 6.08. The first-order valence-electron chi connectivity index (χ1n) is 10.3. The molecule has 0 bridgehead atoms. The molecule has 0 aliphatic carbocycles. The Hall–Kier alpha value is -2.26. The van der Waals surface area contributed by atoms with E-state index >= 15 is 0 Å². The van der Waals surface area contributed by atoms with Crippen molar-refractivity contribution in [3.8, 4) is 16.3 Å². The fourth-order valence-electron chi connectivity index (χ4n) is 3.80. The third kappa shape index (κ3) is 4.32. The molecule has 2 aromatic carbocycles. The van der Waals surface area contributed by atoms with E-state index in [0.717, 1.165) is 50.4 Å². The molecule has 0 fully saturated rings.